The number of hydrogen-bond donors (Lipinski definition) is 1. The molecule has 0 fully saturated rings. The number of hydrogen-bond acceptors (Lipinski definition) is 4. The van der Waals surface area contributed by atoms with E-state index in [2.05, 4.69) is 21.2 Å². The van der Waals surface area contributed by atoms with Crippen LogP contribution in [0, 0.1) is 13.8 Å². The summed E-state index contributed by atoms with van der Waals surface area (Å²) in [6.45, 7) is 3.90. The van der Waals surface area contributed by atoms with Gasteiger partial charge in [-0.3, -0.25) is 4.79 Å². The summed E-state index contributed by atoms with van der Waals surface area (Å²) < 4.78 is 10.8. The van der Waals surface area contributed by atoms with Gasteiger partial charge >= 0.3 is 5.97 Å². The molecule has 132 valence electrons. The number of halogens is 1. The Morgan fingerprint density at radius 3 is 2.38 bits per heavy atom. The third-order valence-corrected chi connectivity index (χ3v) is 4.17. The van der Waals surface area contributed by atoms with E-state index in [4.69, 9.17) is 9.15 Å². The van der Waals surface area contributed by atoms with Crippen molar-refractivity contribution < 1.29 is 18.7 Å². The summed E-state index contributed by atoms with van der Waals surface area (Å²) in [6.07, 6.45) is 0. The number of esters is 1. The van der Waals surface area contributed by atoms with Gasteiger partial charge in [0.25, 0.3) is 5.91 Å². The van der Waals surface area contributed by atoms with Gasteiger partial charge in [0.15, 0.2) is 4.67 Å². The lowest BCUT2D eigenvalue weighted by Gasteiger charge is -2.10. The lowest BCUT2D eigenvalue weighted by molar-refractivity contribution is 0.0700. The van der Waals surface area contributed by atoms with Crippen LogP contribution in [0.15, 0.2) is 63.7 Å². The first kappa shape index (κ1) is 17.9. The van der Waals surface area contributed by atoms with E-state index in [1.54, 1.807) is 30.3 Å². The first-order chi connectivity index (χ1) is 12.4. The second-order valence-electron chi connectivity index (χ2n) is 5.79. The van der Waals surface area contributed by atoms with Crippen LogP contribution in [0.3, 0.4) is 0 Å². The van der Waals surface area contributed by atoms with E-state index in [1.165, 1.54) is 6.07 Å². The Morgan fingerprint density at radius 1 is 1.00 bits per heavy atom. The van der Waals surface area contributed by atoms with Crippen molar-refractivity contribution >= 4 is 33.5 Å². The van der Waals surface area contributed by atoms with Gasteiger partial charge in [0.1, 0.15) is 5.75 Å². The Labute approximate surface area is 159 Å². The molecular formula is C20H16BrNO4. The fourth-order valence-electron chi connectivity index (χ4n) is 2.32. The molecule has 0 saturated heterocycles. The molecule has 3 rings (SSSR count). The Bertz CT molecular complexity index is 960. The van der Waals surface area contributed by atoms with Crippen LogP contribution >= 0.6 is 15.9 Å². The zero-order chi connectivity index (χ0) is 18.7. The van der Waals surface area contributed by atoms with Gasteiger partial charge in [-0.25, -0.2) is 4.79 Å². The second-order valence-corrected chi connectivity index (χ2v) is 6.57. The minimum Gasteiger partial charge on any atom is -0.442 e. The number of nitrogens with one attached hydrogen (secondary N) is 1. The first-order valence-corrected chi connectivity index (χ1v) is 8.68. The lowest BCUT2D eigenvalue weighted by atomic mass is 10.1. The summed E-state index contributed by atoms with van der Waals surface area (Å²) in [4.78, 5) is 24.3. The minimum atomic E-state index is -0.608. The summed E-state index contributed by atoms with van der Waals surface area (Å²) in [5.74, 6) is -0.422. The minimum absolute atomic E-state index is 0.0913. The number of aryl methyl sites for hydroxylation is 2. The number of carbonyl (C=O) groups is 2. The molecule has 0 aliphatic rings. The van der Waals surface area contributed by atoms with Gasteiger partial charge < -0.3 is 14.5 Å². The average molecular weight is 414 g/mol. The highest BCUT2D eigenvalue weighted by atomic mass is 79.9. The number of rotatable bonds is 4. The lowest BCUT2D eigenvalue weighted by Crippen LogP contribution is -2.13. The number of ether oxygens (including phenoxy) is 1. The van der Waals surface area contributed by atoms with E-state index >= 15 is 0 Å². The van der Waals surface area contributed by atoms with Crippen molar-refractivity contribution in [3.05, 3.63) is 81.7 Å². The van der Waals surface area contributed by atoms with Crippen LogP contribution in [0.25, 0.3) is 0 Å². The molecule has 1 amide bonds. The second kappa shape index (κ2) is 7.58. The standard InChI is InChI=1S/C20H16BrNO4/c1-12-3-4-13(2)16(11-12)22-19(23)14-5-7-15(8-6-14)25-20(24)17-9-10-18(21)26-17/h3-11H,1-2H3,(H,22,23). The highest BCUT2D eigenvalue weighted by Crippen LogP contribution is 2.20. The largest absolute Gasteiger partial charge is 0.442 e. The van der Waals surface area contributed by atoms with Gasteiger partial charge in [-0.1, -0.05) is 12.1 Å². The Balaban J connectivity index is 1.68. The molecule has 0 spiro atoms. The van der Waals surface area contributed by atoms with Crippen LogP contribution in [0.1, 0.15) is 32.0 Å². The van der Waals surface area contributed by atoms with Crippen molar-refractivity contribution in [2.75, 3.05) is 5.32 Å². The Morgan fingerprint density at radius 2 is 1.73 bits per heavy atom. The molecule has 0 radical (unpaired) electrons. The van der Waals surface area contributed by atoms with Gasteiger partial charge in [-0.05, 0) is 83.4 Å². The molecule has 0 bridgehead atoms. The average Bonchev–Trinajstić information content (AvgIpc) is 3.05. The van der Waals surface area contributed by atoms with Crippen molar-refractivity contribution in [2.45, 2.75) is 13.8 Å². The summed E-state index contributed by atoms with van der Waals surface area (Å²) in [7, 11) is 0. The van der Waals surface area contributed by atoms with E-state index in [0.717, 1.165) is 16.8 Å². The summed E-state index contributed by atoms with van der Waals surface area (Å²) >= 11 is 3.13. The fraction of sp³-hybridized carbons (Fsp3) is 0.100. The smallest absolute Gasteiger partial charge is 0.379 e. The molecule has 0 atom stereocenters. The maximum atomic E-state index is 12.4. The van der Waals surface area contributed by atoms with Crippen molar-refractivity contribution in [1.82, 2.24) is 0 Å². The SMILES string of the molecule is Cc1ccc(C)c(NC(=O)c2ccc(OC(=O)c3ccc(Br)o3)cc2)c1. The van der Waals surface area contributed by atoms with Gasteiger partial charge in [-0.15, -0.1) is 0 Å². The van der Waals surface area contributed by atoms with Gasteiger partial charge in [0.2, 0.25) is 5.76 Å². The van der Waals surface area contributed by atoms with Crippen molar-refractivity contribution in [3.63, 3.8) is 0 Å². The molecular weight excluding hydrogens is 398 g/mol. The topological polar surface area (TPSA) is 68.5 Å². The number of amides is 1. The van der Waals surface area contributed by atoms with Crippen LogP contribution in [-0.2, 0) is 0 Å². The van der Waals surface area contributed by atoms with Crippen molar-refractivity contribution in [1.29, 1.82) is 0 Å². The van der Waals surface area contributed by atoms with Gasteiger partial charge in [0, 0.05) is 11.3 Å². The quantitative estimate of drug-likeness (QED) is 0.475. The van der Waals surface area contributed by atoms with E-state index in [0.29, 0.717) is 16.0 Å². The zero-order valence-corrected chi connectivity index (χ0v) is 15.8. The Kier molecular flexibility index (Phi) is 5.23. The number of benzene rings is 2. The molecule has 3 aromatic rings. The predicted octanol–water partition coefficient (Wildman–Crippen LogP) is 5.13. The first-order valence-electron chi connectivity index (χ1n) is 7.88. The third-order valence-electron chi connectivity index (χ3n) is 3.74. The van der Waals surface area contributed by atoms with Crippen molar-refractivity contribution in [2.24, 2.45) is 0 Å². The molecule has 6 heteroatoms. The van der Waals surface area contributed by atoms with Crippen LogP contribution < -0.4 is 10.1 Å². The highest BCUT2D eigenvalue weighted by Gasteiger charge is 2.14. The van der Waals surface area contributed by atoms with E-state index < -0.39 is 5.97 Å². The normalized spacial score (nSPS) is 10.4. The number of anilines is 1. The molecule has 2 aromatic carbocycles. The predicted molar refractivity (Wildman–Crippen MR) is 102 cm³/mol. The summed E-state index contributed by atoms with van der Waals surface area (Å²) in [5.41, 5.74) is 3.29. The van der Waals surface area contributed by atoms with Gasteiger partial charge in [-0.2, -0.15) is 0 Å². The molecule has 0 saturated carbocycles. The van der Waals surface area contributed by atoms with E-state index in [-0.39, 0.29) is 11.7 Å². The molecule has 1 aromatic heterocycles. The maximum absolute atomic E-state index is 12.4. The molecule has 0 unspecified atom stereocenters. The van der Waals surface area contributed by atoms with E-state index in [9.17, 15) is 9.59 Å². The molecule has 1 heterocycles. The molecule has 5 nitrogen and oxygen atoms in total. The molecule has 26 heavy (non-hydrogen) atoms. The number of carbonyl (C=O) groups excluding carboxylic acids is 2. The monoisotopic (exact) mass is 413 g/mol. The summed E-state index contributed by atoms with van der Waals surface area (Å²) in [5, 5.41) is 2.89. The van der Waals surface area contributed by atoms with Crippen LogP contribution in [0.2, 0.25) is 0 Å². The molecule has 0 aliphatic heterocycles. The maximum Gasteiger partial charge on any atom is 0.379 e. The number of furan rings is 1. The molecule has 1 N–H and O–H groups in total. The summed E-state index contributed by atoms with van der Waals surface area (Å²) in [6, 6.07) is 15.3. The molecule has 0 aliphatic carbocycles. The van der Waals surface area contributed by atoms with Gasteiger partial charge in [0.05, 0.1) is 0 Å². The fourth-order valence-corrected chi connectivity index (χ4v) is 2.63. The third kappa shape index (κ3) is 4.21. The van der Waals surface area contributed by atoms with Crippen LogP contribution in [-0.4, -0.2) is 11.9 Å². The zero-order valence-electron chi connectivity index (χ0n) is 14.2. The van der Waals surface area contributed by atoms with E-state index in [1.807, 2.05) is 32.0 Å². The van der Waals surface area contributed by atoms with Crippen LogP contribution in [0.5, 0.6) is 5.75 Å². The Hall–Kier alpha value is -2.86. The van der Waals surface area contributed by atoms with Crippen LogP contribution in [0.4, 0.5) is 5.69 Å². The highest BCUT2D eigenvalue weighted by molar-refractivity contribution is 9.10. The van der Waals surface area contributed by atoms with Crippen molar-refractivity contribution in [3.8, 4) is 5.75 Å².